The zero-order chi connectivity index (χ0) is 39.7. The third-order valence-corrected chi connectivity index (χ3v) is 11.0. The lowest BCUT2D eigenvalue weighted by molar-refractivity contribution is -0.163. The molecule has 0 aliphatic carbocycles. The second kappa shape index (κ2) is 15.4. The highest BCUT2D eigenvalue weighted by Gasteiger charge is 2.57. The number of pyridine rings is 1. The Balaban J connectivity index is 1.49. The van der Waals surface area contributed by atoms with E-state index in [0.717, 1.165) is 29.4 Å². The molecule has 54 heavy (non-hydrogen) atoms. The topological polar surface area (TPSA) is 130 Å². The third-order valence-electron chi connectivity index (χ3n) is 9.98. The van der Waals surface area contributed by atoms with Gasteiger partial charge in [-0.3, -0.25) is 19.4 Å². The number of amides is 2. The SMILES string of the molecule is CCC[C@H]1N(C(=O)c2cnccc2C(F)(F)F)CCC[C@@]1(Oc1ccc(C(F)(F)F)s1)C(=O)N1CCC(O)(c2ccccc2OCC(C)(C)C(=O)O)CC1. The number of carbonyl (C=O) groups is 3. The zero-order valence-electron chi connectivity index (χ0n) is 29.8. The van der Waals surface area contributed by atoms with Crippen LogP contribution in [0.5, 0.6) is 10.8 Å². The zero-order valence-corrected chi connectivity index (χ0v) is 30.6. The van der Waals surface area contributed by atoms with Gasteiger partial charge in [-0.15, -0.1) is 0 Å². The number of likely N-dealkylation sites (tertiary alicyclic amines) is 2. The van der Waals surface area contributed by atoms with E-state index in [4.69, 9.17) is 9.47 Å². The summed E-state index contributed by atoms with van der Waals surface area (Å²) in [6, 6.07) is 7.94. The fraction of sp³-hybridized carbons (Fsp3) is 0.514. The fourth-order valence-corrected chi connectivity index (χ4v) is 7.79. The molecule has 10 nitrogen and oxygen atoms in total. The van der Waals surface area contributed by atoms with Gasteiger partial charge in [0.2, 0.25) is 5.60 Å². The van der Waals surface area contributed by atoms with E-state index in [9.17, 15) is 50.9 Å². The molecule has 294 valence electrons. The van der Waals surface area contributed by atoms with Crippen molar-refractivity contribution >= 4 is 29.1 Å². The van der Waals surface area contributed by atoms with Crippen LogP contribution >= 0.6 is 11.3 Å². The molecule has 0 radical (unpaired) electrons. The summed E-state index contributed by atoms with van der Waals surface area (Å²) in [6.07, 6.45) is -7.55. The Morgan fingerprint density at radius 3 is 2.26 bits per heavy atom. The minimum Gasteiger partial charge on any atom is -0.492 e. The second-order valence-corrected chi connectivity index (χ2v) is 15.3. The predicted molar refractivity (Wildman–Crippen MR) is 184 cm³/mol. The summed E-state index contributed by atoms with van der Waals surface area (Å²) in [7, 11) is 0. The van der Waals surface area contributed by atoms with Gasteiger partial charge in [-0.1, -0.05) is 42.9 Å². The molecule has 2 amide bonds. The Bertz CT molecular complexity index is 1840. The first-order chi connectivity index (χ1) is 25.2. The van der Waals surface area contributed by atoms with Crippen LogP contribution in [-0.2, 0) is 27.5 Å². The van der Waals surface area contributed by atoms with Crippen molar-refractivity contribution < 1.29 is 60.4 Å². The Morgan fingerprint density at radius 1 is 0.963 bits per heavy atom. The number of aliphatic hydroxyl groups is 1. The molecule has 2 fully saturated rings. The molecule has 3 aromatic rings. The Morgan fingerprint density at radius 2 is 1.65 bits per heavy atom. The Labute approximate surface area is 311 Å². The summed E-state index contributed by atoms with van der Waals surface area (Å²) in [5.74, 6) is -2.56. The molecule has 0 bridgehead atoms. The molecule has 0 saturated carbocycles. The van der Waals surface area contributed by atoms with E-state index in [0.29, 0.717) is 18.1 Å². The fourth-order valence-electron chi connectivity index (χ4n) is 6.99. The highest BCUT2D eigenvalue weighted by atomic mass is 32.1. The average Bonchev–Trinajstić information content (AvgIpc) is 3.60. The van der Waals surface area contributed by atoms with Crippen molar-refractivity contribution in [1.29, 1.82) is 0 Å². The van der Waals surface area contributed by atoms with Crippen LogP contribution in [0.25, 0.3) is 0 Å². The third kappa shape index (κ3) is 8.31. The maximum absolute atomic E-state index is 14.9. The highest BCUT2D eigenvalue weighted by molar-refractivity contribution is 7.13. The highest BCUT2D eigenvalue weighted by Crippen LogP contribution is 2.45. The Hall–Kier alpha value is -4.38. The standard InChI is InChI=1S/C37H41F6N3O7S/c1-4-8-27-35(53-29-12-11-28(54-29)37(41,42)43,14-7-18-46(27)30(47)23-21-44-17-13-24(23)36(38,39)40)31(48)45-19-15-34(51,16-20-45)25-9-5-6-10-26(25)52-22-33(2,3)32(49)50/h5-6,9-13,17,21,27,51H,4,7-8,14-16,18-20,22H2,1-3H3,(H,49,50)/t27-,35+/m1/s1. The van der Waals surface area contributed by atoms with Gasteiger partial charge in [0.25, 0.3) is 11.8 Å². The van der Waals surface area contributed by atoms with Gasteiger partial charge in [-0.25, -0.2) is 0 Å². The number of aromatic nitrogens is 1. The summed E-state index contributed by atoms with van der Waals surface area (Å²) in [5, 5.41) is 21.2. The van der Waals surface area contributed by atoms with Gasteiger partial charge in [-0.2, -0.15) is 26.3 Å². The maximum Gasteiger partial charge on any atom is 0.425 e. The number of alkyl halides is 6. The van der Waals surface area contributed by atoms with Gasteiger partial charge in [-0.05, 0) is 63.8 Å². The molecule has 2 N–H and O–H groups in total. The molecule has 0 unspecified atom stereocenters. The van der Waals surface area contributed by atoms with E-state index in [1.807, 2.05) is 0 Å². The number of carboxylic acids is 1. The smallest absolute Gasteiger partial charge is 0.425 e. The summed E-state index contributed by atoms with van der Waals surface area (Å²) in [4.78, 5) is 45.9. The summed E-state index contributed by atoms with van der Waals surface area (Å²) < 4.78 is 95.3. The predicted octanol–water partition coefficient (Wildman–Crippen LogP) is 7.40. The van der Waals surface area contributed by atoms with Crippen LogP contribution in [0.1, 0.15) is 85.7 Å². The van der Waals surface area contributed by atoms with Crippen molar-refractivity contribution in [2.24, 2.45) is 5.41 Å². The first kappa shape index (κ1) is 40.8. The summed E-state index contributed by atoms with van der Waals surface area (Å²) >= 11 is 0.264. The lowest BCUT2D eigenvalue weighted by Crippen LogP contribution is -2.68. The van der Waals surface area contributed by atoms with Crippen molar-refractivity contribution in [2.75, 3.05) is 26.2 Å². The van der Waals surface area contributed by atoms with Gasteiger partial charge < -0.3 is 29.5 Å². The number of carbonyl (C=O) groups excluding carboxylic acids is 2. The lowest BCUT2D eigenvalue weighted by atomic mass is 9.78. The van der Waals surface area contributed by atoms with E-state index in [1.54, 1.807) is 31.2 Å². The maximum atomic E-state index is 14.9. The van der Waals surface area contributed by atoms with Crippen LogP contribution in [0.3, 0.4) is 0 Å². The van der Waals surface area contributed by atoms with Gasteiger partial charge in [0.15, 0.2) is 5.06 Å². The van der Waals surface area contributed by atoms with Gasteiger partial charge >= 0.3 is 18.3 Å². The van der Waals surface area contributed by atoms with E-state index < -0.39 is 68.8 Å². The number of rotatable bonds is 11. The van der Waals surface area contributed by atoms with Crippen LogP contribution in [0.4, 0.5) is 26.3 Å². The number of piperidine rings is 2. The van der Waals surface area contributed by atoms with Crippen LogP contribution in [0.2, 0.25) is 0 Å². The second-order valence-electron chi connectivity index (χ2n) is 14.2. The molecule has 17 heteroatoms. The van der Waals surface area contributed by atoms with E-state index in [-0.39, 0.29) is 80.5 Å². The lowest BCUT2D eigenvalue weighted by Gasteiger charge is -2.51. The molecular weight excluding hydrogens is 744 g/mol. The molecule has 0 spiro atoms. The number of benzene rings is 1. The number of nitrogens with zero attached hydrogens (tertiary/aromatic N) is 3. The van der Waals surface area contributed by atoms with E-state index in [2.05, 4.69) is 4.98 Å². The number of halogens is 6. The monoisotopic (exact) mass is 785 g/mol. The largest absolute Gasteiger partial charge is 0.492 e. The van der Waals surface area contributed by atoms with Crippen molar-refractivity contribution in [3.05, 3.63) is 76.4 Å². The molecular formula is C37H41F6N3O7S. The normalized spacial score (nSPS) is 20.7. The summed E-state index contributed by atoms with van der Waals surface area (Å²) in [5.41, 5.74) is -6.36. The van der Waals surface area contributed by atoms with Crippen LogP contribution < -0.4 is 9.47 Å². The van der Waals surface area contributed by atoms with Gasteiger partial charge in [0.05, 0.1) is 28.2 Å². The van der Waals surface area contributed by atoms with E-state index in [1.165, 1.54) is 18.7 Å². The minimum absolute atomic E-state index is 0.0273. The van der Waals surface area contributed by atoms with Crippen molar-refractivity contribution in [3.63, 3.8) is 0 Å². The number of thiophene rings is 1. The molecule has 2 atom stereocenters. The van der Waals surface area contributed by atoms with Crippen LogP contribution in [0.15, 0.2) is 54.9 Å². The molecule has 4 heterocycles. The Kier molecular flexibility index (Phi) is 11.6. The number of ether oxygens (including phenoxy) is 2. The quantitative estimate of drug-likeness (QED) is 0.193. The number of para-hydroxylation sites is 1. The number of hydrogen-bond acceptors (Lipinski definition) is 8. The number of carboxylic acid groups (broad SMARTS) is 1. The van der Waals surface area contributed by atoms with Crippen molar-refractivity contribution in [1.82, 2.24) is 14.8 Å². The molecule has 2 aliphatic heterocycles. The first-order valence-electron chi connectivity index (χ1n) is 17.4. The molecule has 2 aliphatic rings. The van der Waals surface area contributed by atoms with Crippen molar-refractivity contribution in [3.8, 4) is 10.8 Å². The van der Waals surface area contributed by atoms with Gasteiger partial charge in [0, 0.05) is 44.0 Å². The van der Waals surface area contributed by atoms with E-state index >= 15 is 0 Å². The summed E-state index contributed by atoms with van der Waals surface area (Å²) in [6.45, 7) is 4.34. The number of hydrogen-bond donors (Lipinski definition) is 2. The molecule has 1 aromatic carbocycles. The average molecular weight is 786 g/mol. The van der Waals surface area contributed by atoms with Crippen LogP contribution in [0, 0.1) is 5.41 Å². The molecule has 2 saturated heterocycles. The number of aliphatic carboxylic acids is 1. The molecule has 5 rings (SSSR count). The minimum atomic E-state index is -4.90. The molecule has 2 aromatic heterocycles. The van der Waals surface area contributed by atoms with Gasteiger partial charge in [0.1, 0.15) is 17.2 Å². The first-order valence-corrected chi connectivity index (χ1v) is 18.2. The van der Waals surface area contributed by atoms with Crippen LogP contribution in [-0.4, -0.2) is 80.7 Å². The van der Waals surface area contributed by atoms with Crippen molar-refractivity contribution in [2.45, 2.75) is 88.9 Å².